The Labute approximate surface area is 70.1 Å². The van der Waals surface area contributed by atoms with Gasteiger partial charge in [0.25, 0.3) is 0 Å². The molecule has 11 heavy (non-hydrogen) atoms. The number of hydrogen-bond acceptors (Lipinski definition) is 1. The van der Waals surface area contributed by atoms with Crippen molar-refractivity contribution in [1.29, 1.82) is 0 Å². The summed E-state index contributed by atoms with van der Waals surface area (Å²) in [5, 5.41) is 0. The molecule has 1 aliphatic rings. The van der Waals surface area contributed by atoms with E-state index in [4.69, 9.17) is 4.74 Å². The van der Waals surface area contributed by atoms with Crippen LogP contribution in [0.2, 0.25) is 0 Å². The van der Waals surface area contributed by atoms with Gasteiger partial charge < -0.3 is 4.74 Å². The van der Waals surface area contributed by atoms with Gasteiger partial charge in [-0.2, -0.15) is 0 Å². The molecule has 0 aromatic carbocycles. The van der Waals surface area contributed by atoms with Crippen LogP contribution >= 0.6 is 0 Å². The molecule has 65 valence electrons. The predicted octanol–water partition coefficient (Wildman–Crippen LogP) is 2.81. The molecule has 1 saturated carbocycles. The quantitative estimate of drug-likeness (QED) is 0.596. The van der Waals surface area contributed by atoms with E-state index in [1.54, 1.807) is 5.92 Å². The lowest BCUT2D eigenvalue weighted by atomic mass is 9.89. The Morgan fingerprint density at radius 1 is 1.45 bits per heavy atom. The fourth-order valence-corrected chi connectivity index (χ4v) is 1.81. The Kier molecular flexibility index (Phi) is 2.58. The van der Waals surface area contributed by atoms with Gasteiger partial charge in [-0.15, -0.1) is 0 Å². The van der Waals surface area contributed by atoms with E-state index in [-0.39, 0.29) is 5.60 Å². The number of ether oxygens (including phenoxy) is 1. The highest BCUT2D eigenvalue weighted by atomic mass is 16.5. The molecule has 1 heteroatoms. The minimum Gasteiger partial charge on any atom is -0.379 e. The van der Waals surface area contributed by atoms with E-state index in [9.17, 15) is 0 Å². The fraction of sp³-hybridized carbons (Fsp3) is 0.900. The van der Waals surface area contributed by atoms with Crippen LogP contribution in [0.25, 0.3) is 0 Å². The van der Waals surface area contributed by atoms with Gasteiger partial charge in [0.15, 0.2) is 0 Å². The molecular weight excluding hydrogens is 136 g/mol. The smallest absolute Gasteiger partial charge is 0.0650 e. The molecule has 1 radical (unpaired) electrons. The third-order valence-electron chi connectivity index (χ3n) is 3.02. The van der Waals surface area contributed by atoms with Crippen LogP contribution in [0, 0.1) is 11.8 Å². The van der Waals surface area contributed by atoms with Crippen LogP contribution in [0.3, 0.4) is 0 Å². The molecule has 0 saturated heterocycles. The molecule has 0 amide bonds. The minimum absolute atomic E-state index is 0.0811. The van der Waals surface area contributed by atoms with Crippen molar-refractivity contribution in [3.63, 3.8) is 0 Å². The van der Waals surface area contributed by atoms with Crippen molar-refractivity contribution < 1.29 is 4.74 Å². The SMILES string of the molecule is COC(C)(C)[C@@H]1CC[C](C)C1. The Balaban J connectivity index is 2.48. The second-order valence-electron chi connectivity index (χ2n) is 4.20. The van der Waals surface area contributed by atoms with Gasteiger partial charge in [0.2, 0.25) is 0 Å². The van der Waals surface area contributed by atoms with Gasteiger partial charge in [0.1, 0.15) is 0 Å². The Morgan fingerprint density at radius 2 is 2.09 bits per heavy atom. The highest BCUT2D eigenvalue weighted by Crippen LogP contribution is 2.39. The highest BCUT2D eigenvalue weighted by Gasteiger charge is 2.34. The topological polar surface area (TPSA) is 9.23 Å². The van der Waals surface area contributed by atoms with Crippen LogP contribution < -0.4 is 0 Å². The van der Waals surface area contributed by atoms with E-state index in [0.717, 1.165) is 5.92 Å². The van der Waals surface area contributed by atoms with E-state index < -0.39 is 0 Å². The molecule has 0 bridgehead atoms. The maximum Gasteiger partial charge on any atom is 0.0650 e. The Morgan fingerprint density at radius 3 is 2.45 bits per heavy atom. The number of hydrogen-bond donors (Lipinski definition) is 0. The molecule has 1 atom stereocenters. The first kappa shape index (κ1) is 9.05. The summed E-state index contributed by atoms with van der Waals surface area (Å²) in [5.41, 5.74) is 0.0811. The van der Waals surface area contributed by atoms with Crippen LogP contribution in [0.1, 0.15) is 40.0 Å². The summed E-state index contributed by atoms with van der Waals surface area (Å²) in [6.07, 6.45) is 3.88. The van der Waals surface area contributed by atoms with Gasteiger partial charge in [-0.25, -0.2) is 0 Å². The Hall–Kier alpha value is -0.0400. The highest BCUT2D eigenvalue weighted by molar-refractivity contribution is 4.99. The van der Waals surface area contributed by atoms with Crippen LogP contribution in [-0.2, 0) is 4.74 Å². The van der Waals surface area contributed by atoms with Crippen molar-refractivity contribution in [3.8, 4) is 0 Å². The maximum absolute atomic E-state index is 5.46. The summed E-state index contributed by atoms with van der Waals surface area (Å²) in [6, 6.07) is 0. The molecule has 0 aromatic heterocycles. The summed E-state index contributed by atoms with van der Waals surface area (Å²) < 4.78 is 5.46. The number of rotatable bonds is 2. The monoisotopic (exact) mass is 155 g/mol. The number of methoxy groups -OCH3 is 1. The van der Waals surface area contributed by atoms with Crippen LogP contribution in [-0.4, -0.2) is 12.7 Å². The van der Waals surface area contributed by atoms with Gasteiger partial charge in [-0.05, 0) is 44.9 Å². The minimum atomic E-state index is 0.0811. The van der Waals surface area contributed by atoms with Crippen molar-refractivity contribution in [1.82, 2.24) is 0 Å². The summed E-state index contributed by atoms with van der Waals surface area (Å²) >= 11 is 0. The summed E-state index contributed by atoms with van der Waals surface area (Å²) in [7, 11) is 1.81. The zero-order valence-corrected chi connectivity index (χ0v) is 8.11. The Bertz CT molecular complexity index is 129. The first-order valence-electron chi connectivity index (χ1n) is 4.42. The second-order valence-corrected chi connectivity index (χ2v) is 4.20. The zero-order chi connectivity index (χ0) is 8.48. The molecule has 1 aliphatic carbocycles. The van der Waals surface area contributed by atoms with E-state index in [1.165, 1.54) is 19.3 Å². The molecule has 1 nitrogen and oxygen atoms in total. The standard InChI is InChI=1S/C10H19O/c1-8-5-6-9(7-8)10(2,3)11-4/h9H,5-7H2,1-4H3/t9-/m1/s1. The van der Waals surface area contributed by atoms with Gasteiger partial charge in [0.05, 0.1) is 5.60 Å². The third kappa shape index (κ3) is 1.96. The van der Waals surface area contributed by atoms with Crippen molar-refractivity contribution in [3.05, 3.63) is 5.92 Å². The lowest BCUT2D eigenvalue weighted by Gasteiger charge is -2.30. The lowest BCUT2D eigenvalue weighted by Crippen LogP contribution is -2.31. The molecule has 1 rings (SSSR count). The first-order chi connectivity index (χ1) is 5.06. The van der Waals surface area contributed by atoms with Crippen molar-refractivity contribution >= 4 is 0 Å². The molecular formula is C10H19O. The average Bonchev–Trinajstić information content (AvgIpc) is 2.36. The van der Waals surface area contributed by atoms with Gasteiger partial charge in [-0.1, -0.05) is 6.92 Å². The molecule has 0 unspecified atom stereocenters. The maximum atomic E-state index is 5.46. The van der Waals surface area contributed by atoms with E-state index in [0.29, 0.717) is 0 Å². The third-order valence-corrected chi connectivity index (χ3v) is 3.02. The second kappa shape index (κ2) is 3.14. The molecule has 0 spiro atoms. The van der Waals surface area contributed by atoms with E-state index in [1.807, 2.05) is 7.11 Å². The van der Waals surface area contributed by atoms with E-state index >= 15 is 0 Å². The fourth-order valence-electron chi connectivity index (χ4n) is 1.81. The predicted molar refractivity (Wildman–Crippen MR) is 47.3 cm³/mol. The molecule has 0 aromatic rings. The lowest BCUT2D eigenvalue weighted by molar-refractivity contribution is -0.0251. The molecule has 0 N–H and O–H groups in total. The van der Waals surface area contributed by atoms with Crippen LogP contribution in [0.4, 0.5) is 0 Å². The molecule has 0 aliphatic heterocycles. The first-order valence-corrected chi connectivity index (χ1v) is 4.42. The van der Waals surface area contributed by atoms with Gasteiger partial charge >= 0.3 is 0 Å². The normalized spacial score (nSPS) is 27.8. The summed E-state index contributed by atoms with van der Waals surface area (Å²) in [6.45, 7) is 6.64. The zero-order valence-electron chi connectivity index (χ0n) is 8.11. The molecule has 0 heterocycles. The molecule has 1 fully saturated rings. The summed E-state index contributed by atoms with van der Waals surface area (Å²) in [5.74, 6) is 2.38. The average molecular weight is 155 g/mol. The van der Waals surface area contributed by atoms with Crippen molar-refractivity contribution in [2.24, 2.45) is 5.92 Å². The van der Waals surface area contributed by atoms with Gasteiger partial charge in [-0.3, -0.25) is 0 Å². The summed E-state index contributed by atoms with van der Waals surface area (Å²) in [4.78, 5) is 0. The van der Waals surface area contributed by atoms with Crippen molar-refractivity contribution in [2.75, 3.05) is 7.11 Å². The largest absolute Gasteiger partial charge is 0.379 e. The van der Waals surface area contributed by atoms with Crippen LogP contribution in [0.5, 0.6) is 0 Å². The van der Waals surface area contributed by atoms with Gasteiger partial charge in [0, 0.05) is 7.11 Å². The van der Waals surface area contributed by atoms with Crippen LogP contribution in [0.15, 0.2) is 0 Å². The van der Waals surface area contributed by atoms with E-state index in [2.05, 4.69) is 20.8 Å². The van der Waals surface area contributed by atoms with Crippen molar-refractivity contribution in [2.45, 2.75) is 45.6 Å².